The lowest BCUT2D eigenvalue weighted by Gasteiger charge is -2.12. The van der Waals surface area contributed by atoms with E-state index in [0.717, 1.165) is 16.9 Å². The molecule has 0 amide bonds. The van der Waals surface area contributed by atoms with E-state index in [4.69, 9.17) is 23.8 Å². The fourth-order valence-electron chi connectivity index (χ4n) is 1.64. The molecule has 0 saturated heterocycles. The van der Waals surface area contributed by atoms with E-state index in [9.17, 15) is 0 Å². The topological polar surface area (TPSA) is 41.9 Å². The van der Waals surface area contributed by atoms with Gasteiger partial charge in [0.05, 0.1) is 12.2 Å². The van der Waals surface area contributed by atoms with Crippen LogP contribution in [-0.4, -0.2) is 14.9 Å². The van der Waals surface area contributed by atoms with Crippen LogP contribution in [-0.2, 0) is 13.6 Å². The minimum atomic E-state index is 0.562. The third kappa shape index (κ3) is 3.68. The van der Waals surface area contributed by atoms with Gasteiger partial charge >= 0.3 is 0 Å². The second-order valence-corrected chi connectivity index (χ2v) is 5.06. The summed E-state index contributed by atoms with van der Waals surface area (Å²) < 4.78 is 1.81. The van der Waals surface area contributed by atoms with Crippen LogP contribution in [0.15, 0.2) is 30.5 Å². The number of rotatable bonds is 3. The monoisotopic (exact) mass is 294 g/mol. The van der Waals surface area contributed by atoms with Crippen molar-refractivity contribution < 1.29 is 0 Å². The van der Waals surface area contributed by atoms with Gasteiger partial charge in [-0.1, -0.05) is 17.7 Å². The summed E-state index contributed by atoms with van der Waals surface area (Å²) in [5.41, 5.74) is 3.07. The summed E-state index contributed by atoms with van der Waals surface area (Å²) in [7, 11) is 1.90. The van der Waals surface area contributed by atoms with Crippen molar-refractivity contribution in [2.24, 2.45) is 7.05 Å². The Hall–Kier alpha value is -1.59. The number of benzene rings is 1. The molecule has 0 atom stereocenters. The summed E-state index contributed by atoms with van der Waals surface area (Å²) in [6.45, 7) is 2.63. The van der Waals surface area contributed by atoms with Crippen molar-refractivity contribution in [1.29, 1.82) is 0 Å². The summed E-state index contributed by atoms with van der Waals surface area (Å²) in [4.78, 5) is 0. The molecule has 0 spiro atoms. The summed E-state index contributed by atoms with van der Waals surface area (Å²) >= 11 is 11.2. The first-order valence-corrected chi connectivity index (χ1v) is 6.63. The number of aryl methyl sites for hydroxylation is 2. The minimum Gasteiger partial charge on any atom is -0.357 e. The minimum absolute atomic E-state index is 0.562. The second kappa shape index (κ2) is 6.04. The molecular weight excluding hydrogens is 280 g/mol. The Morgan fingerprint density at radius 3 is 2.89 bits per heavy atom. The highest BCUT2D eigenvalue weighted by Gasteiger charge is 2.03. The highest BCUT2D eigenvalue weighted by atomic mass is 35.5. The Bertz CT molecular complexity index is 594. The molecule has 0 aliphatic heterocycles. The standard InChI is InChI=1S/C13H15ClN4S/c1-9-3-4-10(14)7-12(9)17-13(19)15-8-11-5-6-16-18(11)2/h3-7H,8H2,1-2H3,(H2,15,17,19). The molecular formula is C13H15ClN4S. The number of nitrogens with one attached hydrogen (secondary N) is 2. The lowest BCUT2D eigenvalue weighted by molar-refractivity contribution is 0.695. The zero-order valence-corrected chi connectivity index (χ0v) is 12.3. The normalized spacial score (nSPS) is 10.3. The number of halogens is 1. The molecule has 100 valence electrons. The lowest BCUT2D eigenvalue weighted by atomic mass is 10.2. The maximum Gasteiger partial charge on any atom is 0.171 e. The van der Waals surface area contributed by atoms with E-state index in [1.807, 2.05) is 38.2 Å². The van der Waals surface area contributed by atoms with Crippen molar-refractivity contribution >= 4 is 34.6 Å². The molecule has 6 heteroatoms. The highest BCUT2D eigenvalue weighted by Crippen LogP contribution is 2.19. The van der Waals surface area contributed by atoms with Gasteiger partial charge in [0, 0.05) is 24.0 Å². The molecule has 0 bridgehead atoms. The molecule has 2 rings (SSSR count). The molecule has 0 saturated carbocycles. The molecule has 19 heavy (non-hydrogen) atoms. The zero-order valence-electron chi connectivity index (χ0n) is 10.8. The smallest absolute Gasteiger partial charge is 0.171 e. The van der Waals surface area contributed by atoms with Gasteiger partial charge in [-0.2, -0.15) is 5.10 Å². The first-order chi connectivity index (χ1) is 9.06. The highest BCUT2D eigenvalue weighted by molar-refractivity contribution is 7.80. The van der Waals surface area contributed by atoms with Crippen molar-refractivity contribution in [3.63, 3.8) is 0 Å². The maximum atomic E-state index is 5.96. The Kier molecular flexibility index (Phi) is 4.39. The fraction of sp³-hybridized carbons (Fsp3) is 0.231. The Morgan fingerprint density at radius 2 is 2.21 bits per heavy atom. The number of hydrogen-bond acceptors (Lipinski definition) is 2. The number of thiocarbonyl (C=S) groups is 1. The van der Waals surface area contributed by atoms with Gasteiger partial charge in [-0.15, -0.1) is 0 Å². The van der Waals surface area contributed by atoms with Gasteiger partial charge in [0.2, 0.25) is 0 Å². The van der Waals surface area contributed by atoms with Gasteiger partial charge in [-0.3, -0.25) is 4.68 Å². The van der Waals surface area contributed by atoms with Crippen LogP contribution in [0.4, 0.5) is 5.69 Å². The number of hydrogen-bond donors (Lipinski definition) is 2. The molecule has 0 aliphatic rings. The largest absolute Gasteiger partial charge is 0.357 e. The average Bonchev–Trinajstić information content (AvgIpc) is 2.77. The Morgan fingerprint density at radius 1 is 1.42 bits per heavy atom. The summed E-state index contributed by atoms with van der Waals surface area (Å²) in [5.74, 6) is 0. The van der Waals surface area contributed by atoms with Crippen LogP contribution >= 0.6 is 23.8 Å². The lowest BCUT2D eigenvalue weighted by Crippen LogP contribution is -2.29. The van der Waals surface area contributed by atoms with E-state index in [0.29, 0.717) is 16.7 Å². The second-order valence-electron chi connectivity index (χ2n) is 4.21. The molecule has 0 radical (unpaired) electrons. The van der Waals surface area contributed by atoms with Gasteiger partial charge in [0.25, 0.3) is 0 Å². The summed E-state index contributed by atoms with van der Waals surface area (Å²) in [5, 5.41) is 11.6. The van der Waals surface area contributed by atoms with Crippen LogP contribution in [0.3, 0.4) is 0 Å². The van der Waals surface area contributed by atoms with E-state index < -0.39 is 0 Å². The van der Waals surface area contributed by atoms with E-state index in [1.54, 1.807) is 10.9 Å². The molecule has 0 fully saturated rings. The van der Waals surface area contributed by atoms with Crippen LogP contribution in [0.5, 0.6) is 0 Å². The molecule has 0 aliphatic carbocycles. The zero-order chi connectivity index (χ0) is 13.8. The fourth-order valence-corrected chi connectivity index (χ4v) is 2.00. The van der Waals surface area contributed by atoms with E-state index in [1.165, 1.54) is 0 Å². The third-order valence-electron chi connectivity index (χ3n) is 2.80. The van der Waals surface area contributed by atoms with Crippen molar-refractivity contribution in [1.82, 2.24) is 15.1 Å². The van der Waals surface area contributed by atoms with E-state index in [2.05, 4.69) is 15.7 Å². The quantitative estimate of drug-likeness (QED) is 0.854. The molecule has 2 aromatic rings. The predicted molar refractivity (Wildman–Crippen MR) is 82.5 cm³/mol. The maximum absolute atomic E-state index is 5.96. The Labute approximate surface area is 122 Å². The van der Waals surface area contributed by atoms with Crippen LogP contribution in [0.25, 0.3) is 0 Å². The Balaban J connectivity index is 1.94. The van der Waals surface area contributed by atoms with Crippen molar-refractivity contribution in [3.8, 4) is 0 Å². The summed E-state index contributed by atoms with van der Waals surface area (Å²) in [6, 6.07) is 7.61. The van der Waals surface area contributed by atoms with Crippen LogP contribution in [0.1, 0.15) is 11.3 Å². The first kappa shape index (κ1) is 13.8. The molecule has 1 aromatic carbocycles. The third-order valence-corrected chi connectivity index (χ3v) is 3.28. The molecule has 2 N–H and O–H groups in total. The van der Waals surface area contributed by atoms with Gasteiger partial charge in [-0.25, -0.2) is 0 Å². The average molecular weight is 295 g/mol. The number of anilines is 1. The summed E-state index contributed by atoms with van der Waals surface area (Å²) in [6.07, 6.45) is 1.76. The van der Waals surface area contributed by atoms with Gasteiger partial charge in [-0.05, 0) is 42.9 Å². The predicted octanol–water partition coefficient (Wildman–Crippen LogP) is 2.87. The van der Waals surface area contributed by atoms with Crippen LogP contribution in [0, 0.1) is 6.92 Å². The first-order valence-electron chi connectivity index (χ1n) is 5.84. The van der Waals surface area contributed by atoms with E-state index in [-0.39, 0.29) is 0 Å². The number of aromatic nitrogens is 2. The van der Waals surface area contributed by atoms with Crippen LogP contribution in [0.2, 0.25) is 5.02 Å². The van der Waals surface area contributed by atoms with Gasteiger partial charge < -0.3 is 10.6 Å². The van der Waals surface area contributed by atoms with Crippen molar-refractivity contribution in [2.45, 2.75) is 13.5 Å². The number of nitrogens with zero attached hydrogens (tertiary/aromatic N) is 2. The van der Waals surface area contributed by atoms with E-state index >= 15 is 0 Å². The van der Waals surface area contributed by atoms with Gasteiger partial charge in [0.1, 0.15) is 0 Å². The van der Waals surface area contributed by atoms with Gasteiger partial charge in [0.15, 0.2) is 5.11 Å². The van der Waals surface area contributed by atoms with Crippen molar-refractivity contribution in [2.75, 3.05) is 5.32 Å². The van der Waals surface area contributed by atoms with Crippen molar-refractivity contribution in [3.05, 3.63) is 46.7 Å². The SMILES string of the molecule is Cc1ccc(Cl)cc1NC(=S)NCc1ccnn1C. The molecule has 1 aromatic heterocycles. The molecule has 1 heterocycles. The van der Waals surface area contributed by atoms with Crippen LogP contribution < -0.4 is 10.6 Å². The molecule has 0 unspecified atom stereocenters. The molecule has 4 nitrogen and oxygen atoms in total.